The van der Waals surface area contributed by atoms with Crippen molar-refractivity contribution in [2.45, 2.75) is 31.8 Å². The summed E-state index contributed by atoms with van der Waals surface area (Å²) in [4.78, 5) is 3.99. The van der Waals surface area contributed by atoms with E-state index in [9.17, 15) is 5.26 Å². The predicted molar refractivity (Wildman–Crippen MR) is 93.6 cm³/mol. The Labute approximate surface area is 142 Å². The van der Waals surface area contributed by atoms with Gasteiger partial charge in [0, 0.05) is 12.4 Å². The smallest absolute Gasteiger partial charge is 0.162 e. The van der Waals surface area contributed by atoms with E-state index in [1.54, 1.807) is 19.5 Å². The van der Waals surface area contributed by atoms with Crippen LogP contribution in [-0.4, -0.2) is 18.2 Å². The van der Waals surface area contributed by atoms with Crippen LogP contribution in [0.3, 0.4) is 0 Å². The molecule has 1 aliphatic carbocycles. The summed E-state index contributed by atoms with van der Waals surface area (Å²) < 4.78 is 11.5. The standard InChI is InChI=1S/C20H20N2O2/c1-23-19-7-6-15(13-20(19)24-18-4-2-3-5-18)12-17(14-21)16-8-10-22-11-9-16/h6-13,18H,2-5H2,1H3/b17-12+. The summed E-state index contributed by atoms with van der Waals surface area (Å²) in [6, 6.07) is 11.7. The van der Waals surface area contributed by atoms with Crippen molar-refractivity contribution < 1.29 is 9.47 Å². The van der Waals surface area contributed by atoms with Crippen molar-refractivity contribution in [3.63, 3.8) is 0 Å². The summed E-state index contributed by atoms with van der Waals surface area (Å²) >= 11 is 0. The molecule has 2 aromatic rings. The van der Waals surface area contributed by atoms with Crippen LogP contribution in [0.5, 0.6) is 11.5 Å². The topological polar surface area (TPSA) is 55.1 Å². The lowest BCUT2D eigenvalue weighted by Gasteiger charge is -2.16. The fourth-order valence-electron chi connectivity index (χ4n) is 2.94. The Morgan fingerprint density at radius 1 is 1.17 bits per heavy atom. The van der Waals surface area contributed by atoms with Gasteiger partial charge >= 0.3 is 0 Å². The number of hydrogen-bond acceptors (Lipinski definition) is 4. The molecule has 0 spiro atoms. The van der Waals surface area contributed by atoms with Crippen LogP contribution < -0.4 is 9.47 Å². The van der Waals surface area contributed by atoms with E-state index in [-0.39, 0.29) is 6.10 Å². The highest BCUT2D eigenvalue weighted by Gasteiger charge is 2.18. The number of allylic oxidation sites excluding steroid dienone is 1. The average Bonchev–Trinajstić information content (AvgIpc) is 3.14. The third-order valence-corrected chi connectivity index (χ3v) is 4.21. The number of aromatic nitrogens is 1. The molecule has 0 amide bonds. The van der Waals surface area contributed by atoms with Gasteiger partial charge in [-0.3, -0.25) is 4.98 Å². The number of rotatable bonds is 5. The maximum atomic E-state index is 9.45. The highest BCUT2D eigenvalue weighted by Crippen LogP contribution is 2.33. The van der Waals surface area contributed by atoms with Crippen LogP contribution in [0.4, 0.5) is 0 Å². The third-order valence-electron chi connectivity index (χ3n) is 4.21. The van der Waals surface area contributed by atoms with Gasteiger partial charge in [-0.2, -0.15) is 5.26 Å². The molecule has 0 atom stereocenters. The second-order valence-corrected chi connectivity index (χ2v) is 5.84. The van der Waals surface area contributed by atoms with Crippen molar-refractivity contribution in [1.82, 2.24) is 4.98 Å². The molecule has 0 radical (unpaired) electrons. The molecule has 0 bridgehead atoms. The van der Waals surface area contributed by atoms with Crippen LogP contribution in [0, 0.1) is 11.3 Å². The molecule has 4 nitrogen and oxygen atoms in total. The molecular weight excluding hydrogens is 300 g/mol. The minimum Gasteiger partial charge on any atom is -0.493 e. The van der Waals surface area contributed by atoms with Gasteiger partial charge in [-0.05, 0) is 67.2 Å². The number of ether oxygens (including phenoxy) is 2. The molecule has 0 saturated heterocycles. The van der Waals surface area contributed by atoms with E-state index < -0.39 is 0 Å². The number of nitrogens with zero attached hydrogens (tertiary/aromatic N) is 2. The monoisotopic (exact) mass is 320 g/mol. The molecule has 0 unspecified atom stereocenters. The zero-order valence-electron chi connectivity index (χ0n) is 13.7. The summed E-state index contributed by atoms with van der Waals surface area (Å²) in [5.41, 5.74) is 2.35. The lowest BCUT2D eigenvalue weighted by atomic mass is 10.0. The van der Waals surface area contributed by atoms with Gasteiger partial charge in [0.25, 0.3) is 0 Å². The lowest BCUT2D eigenvalue weighted by Crippen LogP contribution is -2.11. The summed E-state index contributed by atoms with van der Waals surface area (Å²) in [6.07, 6.45) is 10.1. The quantitative estimate of drug-likeness (QED) is 0.762. The molecular formula is C20H20N2O2. The molecule has 24 heavy (non-hydrogen) atoms. The minimum atomic E-state index is 0.258. The number of hydrogen-bond donors (Lipinski definition) is 0. The number of benzene rings is 1. The molecule has 1 fully saturated rings. The largest absolute Gasteiger partial charge is 0.493 e. The Balaban J connectivity index is 1.90. The minimum absolute atomic E-state index is 0.258. The summed E-state index contributed by atoms with van der Waals surface area (Å²) in [5, 5.41) is 9.45. The Morgan fingerprint density at radius 3 is 2.58 bits per heavy atom. The van der Waals surface area contributed by atoms with Crippen LogP contribution in [-0.2, 0) is 0 Å². The van der Waals surface area contributed by atoms with Crippen LogP contribution in [0.15, 0.2) is 42.7 Å². The van der Waals surface area contributed by atoms with E-state index >= 15 is 0 Å². The molecule has 1 aromatic heterocycles. The number of methoxy groups -OCH3 is 1. The van der Waals surface area contributed by atoms with Gasteiger partial charge in [0.2, 0.25) is 0 Å². The molecule has 1 aromatic carbocycles. The third kappa shape index (κ3) is 3.75. The highest BCUT2D eigenvalue weighted by molar-refractivity contribution is 5.89. The first-order chi connectivity index (χ1) is 11.8. The Bertz CT molecular complexity index is 757. The zero-order chi connectivity index (χ0) is 16.8. The second kappa shape index (κ2) is 7.65. The van der Waals surface area contributed by atoms with E-state index in [0.717, 1.165) is 35.5 Å². The van der Waals surface area contributed by atoms with Gasteiger partial charge < -0.3 is 9.47 Å². The second-order valence-electron chi connectivity index (χ2n) is 5.84. The van der Waals surface area contributed by atoms with E-state index in [1.165, 1.54) is 12.8 Å². The van der Waals surface area contributed by atoms with Crippen molar-refractivity contribution >= 4 is 11.6 Å². The van der Waals surface area contributed by atoms with Crippen LogP contribution in [0.1, 0.15) is 36.8 Å². The van der Waals surface area contributed by atoms with Crippen molar-refractivity contribution in [1.29, 1.82) is 5.26 Å². The Kier molecular flexibility index (Phi) is 5.12. The highest BCUT2D eigenvalue weighted by atomic mass is 16.5. The molecule has 0 aliphatic heterocycles. The average molecular weight is 320 g/mol. The van der Waals surface area contributed by atoms with E-state index in [0.29, 0.717) is 5.57 Å². The summed E-state index contributed by atoms with van der Waals surface area (Å²) in [5.74, 6) is 1.46. The normalized spacial score (nSPS) is 15.1. The molecule has 0 N–H and O–H groups in total. The zero-order valence-corrected chi connectivity index (χ0v) is 13.7. The Morgan fingerprint density at radius 2 is 1.92 bits per heavy atom. The molecule has 1 heterocycles. The summed E-state index contributed by atoms with van der Waals surface area (Å²) in [7, 11) is 1.64. The molecule has 1 aliphatic rings. The molecule has 1 saturated carbocycles. The van der Waals surface area contributed by atoms with Crippen LogP contribution in [0.2, 0.25) is 0 Å². The van der Waals surface area contributed by atoms with Crippen molar-refractivity contribution in [2.24, 2.45) is 0 Å². The molecule has 3 rings (SSSR count). The van der Waals surface area contributed by atoms with Crippen LogP contribution in [0.25, 0.3) is 11.6 Å². The van der Waals surface area contributed by atoms with E-state index in [2.05, 4.69) is 11.1 Å². The van der Waals surface area contributed by atoms with Gasteiger partial charge in [0.05, 0.1) is 24.9 Å². The number of nitriles is 1. The van der Waals surface area contributed by atoms with Crippen molar-refractivity contribution in [3.8, 4) is 17.6 Å². The van der Waals surface area contributed by atoms with Crippen LogP contribution >= 0.6 is 0 Å². The first-order valence-corrected chi connectivity index (χ1v) is 8.17. The fourth-order valence-corrected chi connectivity index (χ4v) is 2.94. The SMILES string of the molecule is COc1ccc(/C=C(\C#N)c2ccncc2)cc1OC1CCCC1. The van der Waals surface area contributed by atoms with Crippen molar-refractivity contribution in [3.05, 3.63) is 53.9 Å². The van der Waals surface area contributed by atoms with Gasteiger partial charge in [-0.15, -0.1) is 0 Å². The van der Waals surface area contributed by atoms with Gasteiger partial charge in [0.15, 0.2) is 11.5 Å². The van der Waals surface area contributed by atoms with E-state index in [1.807, 2.05) is 36.4 Å². The number of pyridine rings is 1. The maximum absolute atomic E-state index is 9.45. The Hall–Kier alpha value is -2.80. The first-order valence-electron chi connectivity index (χ1n) is 8.17. The fraction of sp³-hybridized carbons (Fsp3) is 0.300. The van der Waals surface area contributed by atoms with E-state index in [4.69, 9.17) is 9.47 Å². The van der Waals surface area contributed by atoms with Gasteiger partial charge in [-0.25, -0.2) is 0 Å². The lowest BCUT2D eigenvalue weighted by molar-refractivity contribution is 0.201. The molecule has 4 heteroatoms. The maximum Gasteiger partial charge on any atom is 0.162 e. The molecule has 122 valence electrons. The van der Waals surface area contributed by atoms with Gasteiger partial charge in [-0.1, -0.05) is 6.07 Å². The summed E-state index contributed by atoms with van der Waals surface area (Å²) in [6.45, 7) is 0. The predicted octanol–water partition coefficient (Wildman–Crippen LogP) is 4.48. The van der Waals surface area contributed by atoms with Crippen molar-refractivity contribution in [2.75, 3.05) is 7.11 Å². The van der Waals surface area contributed by atoms with Gasteiger partial charge in [0.1, 0.15) is 0 Å². The first kappa shape index (κ1) is 16.1.